The lowest BCUT2D eigenvalue weighted by molar-refractivity contribution is 0.0958. The smallest absolute Gasteiger partial charge is 0.150 e. The van der Waals surface area contributed by atoms with Crippen LogP contribution in [-0.2, 0) is 5.60 Å². The molecule has 1 atom stereocenters. The highest BCUT2D eigenvalue weighted by Crippen LogP contribution is 2.24. The zero-order chi connectivity index (χ0) is 9.90. The molecule has 0 radical (unpaired) electrons. The van der Waals surface area contributed by atoms with E-state index < -0.39 is 5.60 Å². The highest BCUT2D eigenvalue weighted by molar-refractivity contribution is 5.30. The highest BCUT2D eigenvalue weighted by Gasteiger charge is 2.23. The van der Waals surface area contributed by atoms with E-state index in [9.17, 15) is 9.50 Å². The lowest BCUT2D eigenvalue weighted by Gasteiger charge is -2.20. The van der Waals surface area contributed by atoms with Gasteiger partial charge in [0.25, 0.3) is 0 Å². The van der Waals surface area contributed by atoms with E-state index in [2.05, 4.69) is 5.92 Å². The summed E-state index contributed by atoms with van der Waals surface area (Å²) in [6.07, 6.45) is 5.55. The summed E-state index contributed by atoms with van der Waals surface area (Å²) in [5.41, 5.74) is -0.917. The van der Waals surface area contributed by atoms with Crippen LogP contribution in [0, 0.1) is 18.2 Å². The van der Waals surface area contributed by atoms with Crippen LogP contribution in [0.5, 0.6) is 0 Å². The molecule has 1 rings (SSSR count). The number of aliphatic hydroxyl groups is 1. The van der Waals surface area contributed by atoms with E-state index in [1.165, 1.54) is 18.2 Å². The fourth-order valence-corrected chi connectivity index (χ4v) is 1.14. The number of terminal acetylenes is 1. The molecule has 0 fully saturated rings. The molecular weight excluding hydrogens is 167 g/mol. The Morgan fingerprint density at radius 3 is 2.77 bits per heavy atom. The van der Waals surface area contributed by atoms with Crippen molar-refractivity contribution in [3.63, 3.8) is 0 Å². The summed E-state index contributed by atoms with van der Waals surface area (Å²) in [5, 5.41) is 9.82. The van der Waals surface area contributed by atoms with Gasteiger partial charge in [-0.2, -0.15) is 0 Å². The molecule has 2 heteroatoms. The standard InChI is InChI=1S/C11H11FO/c1-3-11(13,4-2)9-6-5-7-10(12)8-9/h1,5-8,13H,4H2,2H3. The third kappa shape index (κ3) is 1.88. The second-order valence-electron chi connectivity index (χ2n) is 2.87. The van der Waals surface area contributed by atoms with Crippen molar-refractivity contribution in [2.24, 2.45) is 0 Å². The predicted molar refractivity (Wildman–Crippen MR) is 49.4 cm³/mol. The largest absolute Gasteiger partial charge is 0.373 e. The summed E-state index contributed by atoms with van der Waals surface area (Å²) in [6.45, 7) is 1.75. The fourth-order valence-electron chi connectivity index (χ4n) is 1.14. The monoisotopic (exact) mass is 178 g/mol. The van der Waals surface area contributed by atoms with Crippen LogP contribution in [0.4, 0.5) is 4.39 Å². The molecule has 0 saturated heterocycles. The maximum atomic E-state index is 12.8. The van der Waals surface area contributed by atoms with Gasteiger partial charge < -0.3 is 5.11 Å². The Morgan fingerprint density at radius 1 is 1.62 bits per heavy atom. The molecule has 0 bridgehead atoms. The van der Waals surface area contributed by atoms with Crippen molar-refractivity contribution in [1.29, 1.82) is 0 Å². The lowest BCUT2D eigenvalue weighted by atomic mass is 9.92. The molecule has 0 saturated carbocycles. The van der Waals surface area contributed by atoms with Gasteiger partial charge in [-0.3, -0.25) is 0 Å². The van der Waals surface area contributed by atoms with Crippen LogP contribution in [0.2, 0.25) is 0 Å². The number of halogens is 1. The van der Waals surface area contributed by atoms with Crippen molar-refractivity contribution in [3.05, 3.63) is 35.6 Å². The van der Waals surface area contributed by atoms with Gasteiger partial charge in [-0.25, -0.2) is 4.39 Å². The number of benzene rings is 1. The van der Waals surface area contributed by atoms with E-state index in [1.807, 2.05) is 0 Å². The topological polar surface area (TPSA) is 20.2 Å². The van der Waals surface area contributed by atoms with E-state index in [4.69, 9.17) is 6.42 Å². The van der Waals surface area contributed by atoms with Gasteiger partial charge in [-0.1, -0.05) is 25.0 Å². The van der Waals surface area contributed by atoms with E-state index in [1.54, 1.807) is 13.0 Å². The Balaban J connectivity index is 3.14. The zero-order valence-electron chi connectivity index (χ0n) is 7.42. The van der Waals surface area contributed by atoms with Crippen molar-refractivity contribution >= 4 is 0 Å². The Hall–Kier alpha value is -1.33. The van der Waals surface area contributed by atoms with Gasteiger partial charge in [-0.05, 0) is 24.1 Å². The molecule has 1 aromatic rings. The molecule has 0 aliphatic rings. The van der Waals surface area contributed by atoms with Crippen LogP contribution in [0.3, 0.4) is 0 Å². The Bertz CT molecular complexity index is 340. The molecule has 0 amide bonds. The maximum Gasteiger partial charge on any atom is 0.150 e. The molecule has 68 valence electrons. The van der Waals surface area contributed by atoms with Crippen LogP contribution in [-0.4, -0.2) is 5.11 Å². The second kappa shape index (κ2) is 3.59. The van der Waals surface area contributed by atoms with Crippen molar-refractivity contribution < 1.29 is 9.50 Å². The minimum absolute atomic E-state index is 0.368. The van der Waals surface area contributed by atoms with Crippen LogP contribution >= 0.6 is 0 Å². The average molecular weight is 178 g/mol. The summed E-state index contributed by atoms with van der Waals surface area (Å²) in [5.74, 6) is 1.87. The quantitative estimate of drug-likeness (QED) is 0.687. The second-order valence-corrected chi connectivity index (χ2v) is 2.87. The summed E-state index contributed by atoms with van der Waals surface area (Å²) in [7, 11) is 0. The zero-order valence-corrected chi connectivity index (χ0v) is 7.42. The maximum absolute atomic E-state index is 12.8. The third-order valence-corrected chi connectivity index (χ3v) is 2.05. The first-order chi connectivity index (χ1) is 6.12. The first-order valence-electron chi connectivity index (χ1n) is 4.08. The van der Waals surface area contributed by atoms with Gasteiger partial charge in [0.2, 0.25) is 0 Å². The third-order valence-electron chi connectivity index (χ3n) is 2.05. The first kappa shape index (κ1) is 9.76. The SMILES string of the molecule is C#CC(O)(CC)c1cccc(F)c1. The molecule has 0 aliphatic heterocycles. The Kier molecular flexibility index (Phi) is 2.69. The predicted octanol–water partition coefficient (Wildman–Crippen LogP) is 2.06. The van der Waals surface area contributed by atoms with Crippen LogP contribution in [0.15, 0.2) is 24.3 Å². The lowest BCUT2D eigenvalue weighted by Crippen LogP contribution is -2.22. The van der Waals surface area contributed by atoms with Crippen LogP contribution in [0.1, 0.15) is 18.9 Å². The number of rotatable bonds is 2. The molecule has 1 unspecified atom stereocenters. The minimum atomic E-state index is -1.35. The molecule has 0 aromatic heterocycles. The van der Waals surface area contributed by atoms with Crippen molar-refractivity contribution in [2.45, 2.75) is 18.9 Å². The summed E-state index contributed by atoms with van der Waals surface area (Å²) in [6, 6.07) is 5.72. The number of hydrogen-bond acceptors (Lipinski definition) is 1. The number of hydrogen-bond donors (Lipinski definition) is 1. The molecule has 0 spiro atoms. The first-order valence-corrected chi connectivity index (χ1v) is 4.08. The summed E-state index contributed by atoms with van der Waals surface area (Å²) in [4.78, 5) is 0. The summed E-state index contributed by atoms with van der Waals surface area (Å²) >= 11 is 0. The van der Waals surface area contributed by atoms with E-state index in [0.717, 1.165) is 0 Å². The normalized spacial score (nSPS) is 14.6. The Labute approximate surface area is 77.2 Å². The van der Waals surface area contributed by atoms with Gasteiger partial charge in [0.15, 0.2) is 5.60 Å². The molecule has 1 aromatic carbocycles. The van der Waals surface area contributed by atoms with E-state index in [0.29, 0.717) is 12.0 Å². The molecule has 13 heavy (non-hydrogen) atoms. The van der Waals surface area contributed by atoms with Crippen molar-refractivity contribution in [1.82, 2.24) is 0 Å². The van der Waals surface area contributed by atoms with Crippen molar-refractivity contribution in [2.75, 3.05) is 0 Å². The minimum Gasteiger partial charge on any atom is -0.373 e. The van der Waals surface area contributed by atoms with Crippen molar-refractivity contribution in [3.8, 4) is 12.3 Å². The molecular formula is C11H11FO. The molecule has 0 heterocycles. The molecule has 1 nitrogen and oxygen atoms in total. The fraction of sp³-hybridized carbons (Fsp3) is 0.273. The van der Waals surface area contributed by atoms with Gasteiger partial charge >= 0.3 is 0 Å². The van der Waals surface area contributed by atoms with Gasteiger partial charge in [0.1, 0.15) is 5.82 Å². The van der Waals surface area contributed by atoms with Crippen LogP contribution < -0.4 is 0 Å². The Morgan fingerprint density at radius 2 is 2.31 bits per heavy atom. The van der Waals surface area contributed by atoms with Crippen LogP contribution in [0.25, 0.3) is 0 Å². The average Bonchev–Trinajstić information content (AvgIpc) is 2.17. The van der Waals surface area contributed by atoms with Gasteiger partial charge in [0.05, 0.1) is 0 Å². The molecule has 0 aliphatic carbocycles. The van der Waals surface area contributed by atoms with Gasteiger partial charge in [0, 0.05) is 0 Å². The van der Waals surface area contributed by atoms with E-state index in [-0.39, 0.29) is 5.82 Å². The molecule has 1 N–H and O–H groups in total. The van der Waals surface area contributed by atoms with E-state index >= 15 is 0 Å². The highest BCUT2D eigenvalue weighted by atomic mass is 19.1. The summed E-state index contributed by atoms with van der Waals surface area (Å²) < 4.78 is 12.8. The van der Waals surface area contributed by atoms with Gasteiger partial charge in [-0.15, -0.1) is 6.42 Å².